The minimum Gasteiger partial charge on any atom is -0.488 e. The second-order valence-corrected chi connectivity index (χ2v) is 3.10. The van der Waals surface area contributed by atoms with E-state index in [0.29, 0.717) is 11.4 Å². The maximum absolute atomic E-state index is 12.7. The summed E-state index contributed by atoms with van der Waals surface area (Å²) in [6, 6.07) is 2.87. The van der Waals surface area contributed by atoms with Gasteiger partial charge in [-0.2, -0.15) is 4.39 Å². The van der Waals surface area contributed by atoms with Gasteiger partial charge in [-0.3, -0.25) is 0 Å². The zero-order valence-corrected chi connectivity index (χ0v) is 7.16. The summed E-state index contributed by atoms with van der Waals surface area (Å²) in [6.07, 6.45) is 2.43. The fourth-order valence-electron chi connectivity index (χ4n) is 1.08. The Kier molecular flexibility index (Phi) is 2.14. The molecule has 4 heteroatoms. The largest absolute Gasteiger partial charge is 0.488 e. The first-order chi connectivity index (χ1) is 6.29. The number of hydrogen-bond donors (Lipinski definition) is 1. The van der Waals surface area contributed by atoms with Crippen LogP contribution in [0.3, 0.4) is 0 Å². The van der Waals surface area contributed by atoms with E-state index in [1.165, 1.54) is 6.07 Å². The second-order valence-electron chi connectivity index (χ2n) is 3.10. The predicted octanol–water partition coefficient (Wildman–Crippen LogP) is 1.22. The lowest BCUT2D eigenvalue weighted by molar-refractivity contribution is 0.297. The molecule has 1 aromatic rings. The lowest BCUT2D eigenvalue weighted by atomic mass is 10.3. The van der Waals surface area contributed by atoms with Crippen LogP contribution in [0.5, 0.6) is 5.75 Å². The molecule has 3 nitrogen and oxygen atoms in total. The van der Waals surface area contributed by atoms with Crippen molar-refractivity contribution in [3.05, 3.63) is 23.8 Å². The highest BCUT2D eigenvalue weighted by molar-refractivity contribution is 5.27. The van der Waals surface area contributed by atoms with Crippen LogP contribution in [0.2, 0.25) is 0 Å². The summed E-state index contributed by atoms with van der Waals surface area (Å²) >= 11 is 0. The van der Waals surface area contributed by atoms with Crippen LogP contribution in [0.25, 0.3) is 0 Å². The third-order valence-electron chi connectivity index (χ3n) is 1.91. The van der Waals surface area contributed by atoms with Gasteiger partial charge in [-0.05, 0) is 25.0 Å². The second kappa shape index (κ2) is 3.30. The van der Waals surface area contributed by atoms with Crippen molar-refractivity contribution in [3.8, 4) is 5.75 Å². The van der Waals surface area contributed by atoms with Gasteiger partial charge in [0.1, 0.15) is 5.75 Å². The Labute approximate surface area is 75.7 Å². The standard InChI is InChI=1S/C9H11FN2O/c10-9-4-3-8(7(5-11)12-9)13-6-1-2-6/h3-4,6H,1-2,5,11H2. The van der Waals surface area contributed by atoms with Crippen molar-refractivity contribution in [1.29, 1.82) is 0 Å². The number of pyridine rings is 1. The molecular formula is C9H11FN2O. The molecule has 1 aliphatic carbocycles. The smallest absolute Gasteiger partial charge is 0.213 e. The first-order valence-electron chi connectivity index (χ1n) is 4.32. The van der Waals surface area contributed by atoms with Gasteiger partial charge in [0.25, 0.3) is 0 Å². The third kappa shape index (κ3) is 1.95. The molecule has 13 heavy (non-hydrogen) atoms. The van der Waals surface area contributed by atoms with Crippen molar-refractivity contribution < 1.29 is 9.13 Å². The maximum Gasteiger partial charge on any atom is 0.213 e. The van der Waals surface area contributed by atoms with Crippen molar-refractivity contribution in [1.82, 2.24) is 4.98 Å². The zero-order chi connectivity index (χ0) is 9.26. The summed E-state index contributed by atoms with van der Waals surface area (Å²) in [7, 11) is 0. The molecule has 1 fully saturated rings. The van der Waals surface area contributed by atoms with Gasteiger partial charge in [0.15, 0.2) is 0 Å². The Bertz CT molecular complexity index is 312. The lowest BCUT2D eigenvalue weighted by Gasteiger charge is -2.07. The van der Waals surface area contributed by atoms with Crippen LogP contribution in [0.15, 0.2) is 12.1 Å². The number of ether oxygens (including phenoxy) is 1. The Morgan fingerprint density at radius 3 is 2.92 bits per heavy atom. The summed E-state index contributed by atoms with van der Waals surface area (Å²) in [5, 5.41) is 0. The number of nitrogens with zero attached hydrogens (tertiary/aromatic N) is 1. The number of rotatable bonds is 3. The number of aromatic nitrogens is 1. The average molecular weight is 182 g/mol. The van der Waals surface area contributed by atoms with Gasteiger partial charge in [-0.15, -0.1) is 0 Å². The predicted molar refractivity (Wildman–Crippen MR) is 45.7 cm³/mol. The first-order valence-corrected chi connectivity index (χ1v) is 4.32. The van der Waals surface area contributed by atoms with Crippen molar-refractivity contribution in [2.75, 3.05) is 0 Å². The highest BCUT2D eigenvalue weighted by Crippen LogP contribution is 2.28. The first kappa shape index (κ1) is 8.44. The van der Waals surface area contributed by atoms with Crippen molar-refractivity contribution >= 4 is 0 Å². The Hall–Kier alpha value is -1.16. The van der Waals surface area contributed by atoms with E-state index in [-0.39, 0.29) is 12.6 Å². The highest BCUT2D eigenvalue weighted by Gasteiger charge is 2.24. The topological polar surface area (TPSA) is 48.1 Å². The van der Waals surface area contributed by atoms with Crippen LogP contribution >= 0.6 is 0 Å². The summed E-state index contributed by atoms with van der Waals surface area (Å²) in [4.78, 5) is 3.66. The van der Waals surface area contributed by atoms with Crippen molar-refractivity contribution in [3.63, 3.8) is 0 Å². The Balaban J connectivity index is 2.21. The Morgan fingerprint density at radius 1 is 1.54 bits per heavy atom. The molecule has 2 rings (SSSR count). The quantitative estimate of drug-likeness (QED) is 0.715. The highest BCUT2D eigenvalue weighted by atomic mass is 19.1. The van der Waals surface area contributed by atoms with E-state index >= 15 is 0 Å². The van der Waals surface area contributed by atoms with E-state index in [2.05, 4.69) is 4.98 Å². The SMILES string of the molecule is NCc1nc(F)ccc1OC1CC1. The third-order valence-corrected chi connectivity index (χ3v) is 1.91. The molecule has 1 aromatic heterocycles. The molecule has 0 spiro atoms. The van der Waals surface area contributed by atoms with E-state index in [9.17, 15) is 4.39 Å². The van der Waals surface area contributed by atoms with E-state index in [0.717, 1.165) is 12.8 Å². The normalized spacial score (nSPS) is 15.8. The van der Waals surface area contributed by atoms with Gasteiger partial charge >= 0.3 is 0 Å². The van der Waals surface area contributed by atoms with E-state index in [1.54, 1.807) is 6.07 Å². The summed E-state index contributed by atoms with van der Waals surface area (Å²) in [5.74, 6) is 0.106. The van der Waals surface area contributed by atoms with E-state index < -0.39 is 5.95 Å². The minimum atomic E-state index is -0.511. The monoisotopic (exact) mass is 182 g/mol. The maximum atomic E-state index is 12.7. The minimum absolute atomic E-state index is 0.208. The molecule has 1 saturated carbocycles. The molecule has 2 N–H and O–H groups in total. The van der Waals surface area contributed by atoms with E-state index in [4.69, 9.17) is 10.5 Å². The van der Waals surface area contributed by atoms with Crippen LogP contribution in [-0.2, 0) is 6.54 Å². The number of halogens is 1. The molecule has 70 valence electrons. The molecule has 1 aliphatic rings. The van der Waals surface area contributed by atoms with Crippen molar-refractivity contribution in [2.45, 2.75) is 25.5 Å². The molecule has 0 aromatic carbocycles. The summed E-state index contributed by atoms with van der Waals surface area (Å²) in [6.45, 7) is 0.208. The molecule has 0 aliphatic heterocycles. The fourth-order valence-corrected chi connectivity index (χ4v) is 1.08. The van der Waals surface area contributed by atoms with Crippen LogP contribution in [0, 0.1) is 5.95 Å². The van der Waals surface area contributed by atoms with Crippen LogP contribution in [-0.4, -0.2) is 11.1 Å². The van der Waals surface area contributed by atoms with Crippen LogP contribution < -0.4 is 10.5 Å². The molecule has 0 atom stereocenters. The van der Waals surface area contributed by atoms with Gasteiger partial charge in [0, 0.05) is 6.54 Å². The van der Waals surface area contributed by atoms with Crippen LogP contribution in [0.4, 0.5) is 4.39 Å². The average Bonchev–Trinajstić information content (AvgIpc) is 2.92. The summed E-state index contributed by atoms with van der Waals surface area (Å²) in [5.41, 5.74) is 5.90. The van der Waals surface area contributed by atoms with Crippen LogP contribution in [0.1, 0.15) is 18.5 Å². The fraction of sp³-hybridized carbons (Fsp3) is 0.444. The molecular weight excluding hydrogens is 171 g/mol. The Morgan fingerprint density at radius 2 is 2.31 bits per heavy atom. The van der Waals surface area contributed by atoms with Gasteiger partial charge in [-0.25, -0.2) is 4.98 Å². The zero-order valence-electron chi connectivity index (χ0n) is 7.16. The molecule has 1 heterocycles. The molecule has 0 amide bonds. The molecule has 0 bridgehead atoms. The van der Waals surface area contributed by atoms with Gasteiger partial charge < -0.3 is 10.5 Å². The number of hydrogen-bond acceptors (Lipinski definition) is 3. The molecule has 0 saturated heterocycles. The lowest BCUT2D eigenvalue weighted by Crippen LogP contribution is -2.06. The summed E-state index contributed by atoms with van der Waals surface area (Å²) < 4.78 is 18.2. The van der Waals surface area contributed by atoms with Crippen molar-refractivity contribution in [2.24, 2.45) is 5.73 Å². The molecule has 0 unspecified atom stereocenters. The van der Waals surface area contributed by atoms with E-state index in [1.807, 2.05) is 0 Å². The van der Waals surface area contributed by atoms with Gasteiger partial charge in [-0.1, -0.05) is 0 Å². The van der Waals surface area contributed by atoms with Gasteiger partial charge in [0.05, 0.1) is 11.8 Å². The van der Waals surface area contributed by atoms with Gasteiger partial charge in [0.2, 0.25) is 5.95 Å². The molecule has 0 radical (unpaired) electrons. The number of nitrogens with two attached hydrogens (primary N) is 1.